The first kappa shape index (κ1) is 37.0. The number of carbonyl (C=O) groups excluding carboxylic acids is 3. The Morgan fingerprint density at radius 1 is 0.884 bits per heavy atom. The third-order valence-electron chi connectivity index (χ3n) is 6.43. The summed E-state index contributed by atoms with van der Waals surface area (Å²) in [4.78, 5) is 32.2. The highest BCUT2D eigenvalue weighted by Gasteiger charge is 2.23. The predicted molar refractivity (Wildman–Crippen MR) is 174 cm³/mol. The molecular weight excluding hydrogens is 543 g/mol. The van der Waals surface area contributed by atoms with Gasteiger partial charge in [-0.1, -0.05) is 102 Å². The molecule has 1 unspecified atom stereocenters. The molecule has 0 amide bonds. The first-order valence-corrected chi connectivity index (χ1v) is 14.4. The van der Waals surface area contributed by atoms with Crippen LogP contribution < -0.4 is 0 Å². The minimum atomic E-state index is -2.11. The number of carbonyl (C=O) groups is 3. The van der Waals surface area contributed by atoms with Crippen LogP contribution in [0.1, 0.15) is 77.6 Å². The molecule has 1 atom stereocenters. The molecule has 0 aliphatic heterocycles. The number of hydrogen-bond acceptors (Lipinski definition) is 5. The van der Waals surface area contributed by atoms with Crippen molar-refractivity contribution in [3.63, 3.8) is 0 Å². The maximum Gasteiger partial charge on any atom is 0.348 e. The van der Waals surface area contributed by atoms with E-state index in [0.717, 1.165) is 23.6 Å². The first-order chi connectivity index (χ1) is 19.9. The summed E-state index contributed by atoms with van der Waals surface area (Å²) in [5, 5.41) is 9.91. The number of halogens is 1. The van der Waals surface area contributed by atoms with Crippen LogP contribution in [0.5, 0.6) is 5.75 Å². The van der Waals surface area contributed by atoms with E-state index in [0.29, 0.717) is 5.75 Å². The molecule has 0 aliphatic carbocycles. The molecule has 232 valence electrons. The van der Waals surface area contributed by atoms with Crippen molar-refractivity contribution in [2.24, 2.45) is 5.41 Å². The third-order valence-corrected chi connectivity index (χ3v) is 6.43. The second-order valence-corrected chi connectivity index (χ2v) is 12.4. The van der Waals surface area contributed by atoms with E-state index in [1.165, 1.54) is 16.7 Å². The zero-order valence-electron chi connectivity index (χ0n) is 27.2. The number of alkyl halides is 1. The summed E-state index contributed by atoms with van der Waals surface area (Å²) in [5.74, 6) is -1.43. The monoisotopic (exact) mass is 590 g/mol. The zero-order chi connectivity index (χ0) is 33.0. The molecular formula is C37H47FO5. The number of Topliss-reactive ketones (excluding diaryl/α,β-unsaturated/α-hetero) is 1. The summed E-state index contributed by atoms with van der Waals surface area (Å²) in [6.45, 7) is 19.0. The van der Waals surface area contributed by atoms with Crippen LogP contribution in [0, 0.1) is 19.3 Å². The van der Waals surface area contributed by atoms with Gasteiger partial charge in [-0.05, 0) is 84.7 Å². The molecule has 3 aromatic carbocycles. The number of ether oxygens (including phenoxy) is 1. The van der Waals surface area contributed by atoms with E-state index < -0.39 is 17.9 Å². The minimum Gasteiger partial charge on any atom is -0.508 e. The Morgan fingerprint density at radius 3 is 1.93 bits per heavy atom. The Labute approximate surface area is 256 Å². The topological polar surface area (TPSA) is 80.7 Å². The second-order valence-electron chi connectivity index (χ2n) is 12.4. The smallest absolute Gasteiger partial charge is 0.348 e. The molecule has 3 aromatic rings. The van der Waals surface area contributed by atoms with Crippen LogP contribution in [-0.2, 0) is 24.5 Å². The summed E-state index contributed by atoms with van der Waals surface area (Å²) >= 11 is 0. The molecule has 1 N–H and O–H groups in total. The van der Waals surface area contributed by atoms with Crippen molar-refractivity contribution in [1.82, 2.24) is 0 Å². The van der Waals surface area contributed by atoms with Gasteiger partial charge in [-0.3, -0.25) is 9.59 Å². The van der Waals surface area contributed by atoms with Gasteiger partial charge in [0.2, 0.25) is 0 Å². The number of aryl methyl sites for hydroxylation is 2. The number of ketones is 2. The first-order valence-electron chi connectivity index (χ1n) is 14.4. The van der Waals surface area contributed by atoms with Crippen molar-refractivity contribution in [3.8, 4) is 16.9 Å². The van der Waals surface area contributed by atoms with Crippen LogP contribution in [0.2, 0.25) is 0 Å². The quantitative estimate of drug-likeness (QED) is 0.176. The normalized spacial score (nSPS) is 11.9. The SMILES string of the molecule is CCOC(=O)C(F)C(C)=O.Cc1ccccc1-c1cc(O)cc(C(C)(C)C)c1.Cc1ccccc1/C=C/C(=O)C(C)(C)C. The molecule has 0 radical (unpaired) electrons. The van der Waals surface area contributed by atoms with Gasteiger partial charge < -0.3 is 9.84 Å². The van der Waals surface area contributed by atoms with Crippen molar-refractivity contribution in [2.45, 2.75) is 80.8 Å². The second kappa shape index (κ2) is 16.5. The Bertz CT molecular complexity index is 1410. The van der Waals surface area contributed by atoms with E-state index in [1.807, 2.05) is 82.3 Å². The zero-order valence-corrected chi connectivity index (χ0v) is 27.2. The molecule has 43 heavy (non-hydrogen) atoms. The van der Waals surface area contributed by atoms with Gasteiger partial charge >= 0.3 is 5.97 Å². The average Bonchev–Trinajstić information content (AvgIpc) is 2.91. The lowest BCUT2D eigenvalue weighted by molar-refractivity contribution is -0.152. The fraction of sp³-hybridized carbons (Fsp3) is 0.378. The molecule has 0 saturated carbocycles. The minimum absolute atomic E-state index is 0.0379. The molecule has 3 rings (SSSR count). The highest BCUT2D eigenvalue weighted by molar-refractivity contribution is 6.00. The van der Waals surface area contributed by atoms with Crippen molar-refractivity contribution < 1.29 is 28.6 Å². The van der Waals surface area contributed by atoms with Gasteiger partial charge in [-0.15, -0.1) is 0 Å². The van der Waals surface area contributed by atoms with E-state index >= 15 is 0 Å². The van der Waals surface area contributed by atoms with Crippen molar-refractivity contribution in [3.05, 3.63) is 95.1 Å². The van der Waals surface area contributed by atoms with Gasteiger partial charge in [-0.2, -0.15) is 0 Å². The number of rotatable bonds is 6. The number of phenols is 1. The highest BCUT2D eigenvalue weighted by atomic mass is 19.1. The Hall–Kier alpha value is -4.06. The fourth-order valence-electron chi connectivity index (χ4n) is 3.67. The van der Waals surface area contributed by atoms with Crippen LogP contribution in [0.25, 0.3) is 17.2 Å². The summed E-state index contributed by atoms with van der Waals surface area (Å²) in [7, 11) is 0. The molecule has 0 heterocycles. The summed E-state index contributed by atoms with van der Waals surface area (Å²) in [6.07, 6.45) is 1.45. The van der Waals surface area contributed by atoms with Crippen molar-refractivity contribution in [1.29, 1.82) is 0 Å². The van der Waals surface area contributed by atoms with E-state index in [4.69, 9.17) is 0 Å². The Kier molecular flexibility index (Phi) is 14.2. The van der Waals surface area contributed by atoms with E-state index in [9.17, 15) is 23.9 Å². The third kappa shape index (κ3) is 12.8. The maximum atomic E-state index is 12.3. The maximum absolute atomic E-state index is 12.3. The average molecular weight is 591 g/mol. The van der Waals surface area contributed by atoms with E-state index in [2.05, 4.69) is 50.6 Å². The van der Waals surface area contributed by atoms with Crippen LogP contribution in [0.4, 0.5) is 4.39 Å². The van der Waals surface area contributed by atoms with Crippen LogP contribution in [0.15, 0.2) is 72.8 Å². The number of allylic oxidation sites excluding steroid dienone is 1. The Balaban J connectivity index is 0.000000337. The lowest BCUT2D eigenvalue weighted by Crippen LogP contribution is -2.25. The lowest BCUT2D eigenvalue weighted by atomic mass is 9.85. The number of hydrogen-bond donors (Lipinski definition) is 1. The molecule has 0 spiro atoms. The number of aromatic hydroxyl groups is 1. The molecule has 0 aromatic heterocycles. The highest BCUT2D eigenvalue weighted by Crippen LogP contribution is 2.32. The Morgan fingerprint density at radius 2 is 1.44 bits per heavy atom. The van der Waals surface area contributed by atoms with Crippen LogP contribution >= 0.6 is 0 Å². The summed E-state index contributed by atoms with van der Waals surface area (Å²) in [5.41, 5.74) is 6.68. The number of benzene rings is 3. The van der Waals surface area contributed by atoms with Gasteiger partial charge in [0.05, 0.1) is 6.61 Å². The van der Waals surface area contributed by atoms with E-state index in [1.54, 1.807) is 13.0 Å². The van der Waals surface area contributed by atoms with Gasteiger partial charge in [0.1, 0.15) is 5.75 Å². The van der Waals surface area contributed by atoms with Gasteiger partial charge in [0, 0.05) is 5.41 Å². The molecule has 0 aliphatic rings. The molecule has 0 saturated heterocycles. The molecule has 6 heteroatoms. The van der Waals surface area contributed by atoms with Crippen LogP contribution in [-0.4, -0.2) is 35.4 Å². The van der Waals surface area contributed by atoms with E-state index in [-0.39, 0.29) is 23.2 Å². The van der Waals surface area contributed by atoms with Gasteiger partial charge in [0.15, 0.2) is 11.6 Å². The number of phenolic OH excluding ortho intramolecular Hbond substituents is 1. The lowest BCUT2D eigenvalue weighted by Gasteiger charge is -2.20. The molecule has 0 bridgehead atoms. The summed E-state index contributed by atoms with van der Waals surface area (Å²) < 4.78 is 16.5. The predicted octanol–water partition coefficient (Wildman–Crippen LogP) is 8.77. The standard InChI is InChI=1S/C17H20O.C14H18O.C6H9FO3/c1-12-7-5-6-8-16(12)13-9-14(17(2,3)4)11-15(18)10-13;1-11-7-5-6-8-12(11)9-10-13(15)14(2,3)4;1-3-10-6(9)5(7)4(2)8/h5-11,18H,1-4H3;5-10H,1-4H3;5H,3H2,1-2H3/b;10-9+;. The van der Waals surface area contributed by atoms with Crippen LogP contribution in [0.3, 0.4) is 0 Å². The fourth-order valence-corrected chi connectivity index (χ4v) is 3.67. The molecule has 0 fully saturated rings. The van der Waals surface area contributed by atoms with Crippen molar-refractivity contribution in [2.75, 3.05) is 6.61 Å². The van der Waals surface area contributed by atoms with Gasteiger partial charge in [0.25, 0.3) is 6.17 Å². The number of esters is 1. The van der Waals surface area contributed by atoms with Gasteiger partial charge in [-0.25, -0.2) is 9.18 Å². The largest absolute Gasteiger partial charge is 0.508 e. The van der Waals surface area contributed by atoms with Crippen molar-refractivity contribution >= 4 is 23.6 Å². The summed E-state index contributed by atoms with van der Waals surface area (Å²) in [6, 6.07) is 22.1. The molecule has 5 nitrogen and oxygen atoms in total.